The topological polar surface area (TPSA) is 96.4 Å². The van der Waals surface area contributed by atoms with Crippen molar-refractivity contribution in [3.63, 3.8) is 0 Å². The van der Waals surface area contributed by atoms with Crippen LogP contribution in [0.1, 0.15) is 23.8 Å². The average molecular weight is 264 g/mol. The zero-order valence-corrected chi connectivity index (χ0v) is 9.05. The Hall–Kier alpha value is -1.67. The molecule has 0 spiro atoms. The zero-order chi connectivity index (χ0) is 13.9. The quantitative estimate of drug-likeness (QED) is 0.732. The summed E-state index contributed by atoms with van der Waals surface area (Å²) < 4.78 is 37.8. The summed E-state index contributed by atoms with van der Waals surface area (Å²) in [6.07, 6.45) is -8.09. The Bertz CT molecular complexity index is 437. The largest absolute Gasteiger partial charge is 0.433 e. The minimum Gasteiger partial charge on any atom is -0.390 e. The molecule has 2 atom stereocenters. The first kappa shape index (κ1) is 14.4. The van der Waals surface area contributed by atoms with Crippen LogP contribution in [0.2, 0.25) is 0 Å². The van der Waals surface area contributed by atoms with Gasteiger partial charge in [0.05, 0.1) is 12.5 Å². The van der Waals surface area contributed by atoms with E-state index in [9.17, 15) is 28.2 Å². The molecule has 0 saturated heterocycles. The number of carbonyl (C=O) groups is 1. The molecule has 0 aromatic carbocycles. The number of alkyl halides is 3. The maximum Gasteiger partial charge on any atom is 0.433 e. The van der Waals surface area contributed by atoms with E-state index >= 15 is 0 Å². The fourth-order valence-corrected chi connectivity index (χ4v) is 1.42. The van der Waals surface area contributed by atoms with Gasteiger partial charge in [0.15, 0.2) is 0 Å². The van der Waals surface area contributed by atoms with Crippen molar-refractivity contribution in [2.75, 3.05) is 0 Å². The summed E-state index contributed by atoms with van der Waals surface area (Å²) in [5.74, 6) is -0.931. The lowest BCUT2D eigenvalue weighted by atomic mass is 10.00. The molecule has 0 saturated carbocycles. The number of hydrogen-bond acceptors (Lipinski definition) is 4. The zero-order valence-electron chi connectivity index (χ0n) is 9.05. The molecule has 2 unspecified atom stereocenters. The number of aliphatic hydroxyl groups is 2. The second-order valence-electron chi connectivity index (χ2n) is 3.62. The van der Waals surface area contributed by atoms with Crippen LogP contribution in [-0.4, -0.2) is 27.2 Å². The fraction of sp³-hybridized carbons (Fsp3) is 0.400. The predicted octanol–water partition coefficient (Wildman–Crippen LogP) is 0.370. The SMILES string of the molecule is NC(=O)CC(O)C(O)c1cccnc1C(F)(F)F. The number of aromatic nitrogens is 1. The molecular weight excluding hydrogens is 253 g/mol. The van der Waals surface area contributed by atoms with Crippen molar-refractivity contribution in [1.82, 2.24) is 4.98 Å². The Morgan fingerprint density at radius 3 is 2.56 bits per heavy atom. The lowest BCUT2D eigenvalue weighted by Crippen LogP contribution is -2.27. The number of rotatable bonds is 4. The van der Waals surface area contributed by atoms with Crippen molar-refractivity contribution in [2.45, 2.75) is 24.8 Å². The smallest absolute Gasteiger partial charge is 0.390 e. The average Bonchev–Trinajstić information content (AvgIpc) is 2.26. The van der Waals surface area contributed by atoms with Gasteiger partial charge in [0, 0.05) is 11.8 Å². The van der Waals surface area contributed by atoms with Crippen molar-refractivity contribution < 1.29 is 28.2 Å². The van der Waals surface area contributed by atoms with Gasteiger partial charge in [0.2, 0.25) is 5.91 Å². The van der Waals surface area contributed by atoms with E-state index in [0.29, 0.717) is 0 Å². The third-order valence-corrected chi connectivity index (χ3v) is 2.20. The van der Waals surface area contributed by atoms with Gasteiger partial charge in [-0.25, -0.2) is 0 Å². The summed E-state index contributed by atoms with van der Waals surface area (Å²) in [7, 11) is 0. The highest BCUT2D eigenvalue weighted by atomic mass is 19.4. The number of pyridine rings is 1. The molecule has 8 heteroatoms. The summed E-state index contributed by atoms with van der Waals surface area (Å²) in [5.41, 5.74) is 2.88. The minimum absolute atomic E-state index is 0.598. The van der Waals surface area contributed by atoms with Crippen LogP contribution in [0.5, 0.6) is 0 Å². The van der Waals surface area contributed by atoms with Crippen LogP contribution >= 0.6 is 0 Å². The van der Waals surface area contributed by atoms with Crippen molar-refractivity contribution in [2.24, 2.45) is 5.73 Å². The van der Waals surface area contributed by atoms with E-state index in [1.54, 1.807) is 0 Å². The number of amides is 1. The minimum atomic E-state index is -4.76. The predicted molar refractivity (Wildman–Crippen MR) is 54.0 cm³/mol. The molecule has 4 N–H and O–H groups in total. The van der Waals surface area contributed by atoms with Gasteiger partial charge < -0.3 is 15.9 Å². The van der Waals surface area contributed by atoms with Gasteiger partial charge in [-0.3, -0.25) is 9.78 Å². The van der Waals surface area contributed by atoms with E-state index in [-0.39, 0.29) is 0 Å². The highest BCUT2D eigenvalue weighted by Crippen LogP contribution is 2.34. The molecule has 0 fully saturated rings. The molecule has 0 aliphatic heterocycles. The molecule has 0 bridgehead atoms. The van der Waals surface area contributed by atoms with Gasteiger partial charge in [0.25, 0.3) is 0 Å². The van der Waals surface area contributed by atoms with Gasteiger partial charge in [-0.05, 0) is 6.07 Å². The number of hydrogen-bond donors (Lipinski definition) is 3. The lowest BCUT2D eigenvalue weighted by molar-refractivity contribution is -0.143. The van der Waals surface area contributed by atoms with Crippen LogP contribution in [0, 0.1) is 0 Å². The van der Waals surface area contributed by atoms with Crippen molar-refractivity contribution >= 4 is 5.91 Å². The molecular formula is C10H11F3N2O3. The number of halogens is 3. The molecule has 1 amide bonds. The molecule has 0 aliphatic rings. The van der Waals surface area contributed by atoms with E-state index < -0.39 is 42.0 Å². The van der Waals surface area contributed by atoms with Crippen LogP contribution in [0.4, 0.5) is 13.2 Å². The van der Waals surface area contributed by atoms with E-state index in [1.807, 2.05) is 0 Å². The van der Waals surface area contributed by atoms with E-state index in [0.717, 1.165) is 12.3 Å². The van der Waals surface area contributed by atoms with Crippen LogP contribution in [0.15, 0.2) is 18.3 Å². The number of carbonyl (C=O) groups excluding carboxylic acids is 1. The molecule has 1 rings (SSSR count). The molecule has 1 aromatic rings. The van der Waals surface area contributed by atoms with Gasteiger partial charge >= 0.3 is 6.18 Å². The van der Waals surface area contributed by atoms with Crippen LogP contribution in [0.25, 0.3) is 0 Å². The van der Waals surface area contributed by atoms with Crippen molar-refractivity contribution in [3.8, 4) is 0 Å². The Labute approximate surface area is 100 Å². The lowest BCUT2D eigenvalue weighted by Gasteiger charge is -2.20. The highest BCUT2D eigenvalue weighted by molar-refractivity contribution is 5.74. The van der Waals surface area contributed by atoms with E-state index in [1.165, 1.54) is 6.07 Å². The summed E-state index contributed by atoms with van der Waals surface area (Å²) in [4.78, 5) is 13.7. The van der Waals surface area contributed by atoms with Gasteiger partial charge in [-0.2, -0.15) is 13.2 Å². The third-order valence-electron chi connectivity index (χ3n) is 2.20. The monoisotopic (exact) mass is 264 g/mol. The summed E-state index contributed by atoms with van der Waals surface area (Å²) >= 11 is 0. The second kappa shape index (κ2) is 5.32. The number of aliphatic hydroxyl groups excluding tert-OH is 2. The number of nitrogens with zero attached hydrogens (tertiary/aromatic N) is 1. The normalized spacial score (nSPS) is 15.2. The molecule has 1 aromatic heterocycles. The maximum absolute atomic E-state index is 12.6. The summed E-state index contributed by atoms with van der Waals surface area (Å²) in [5, 5.41) is 19.0. The first-order valence-corrected chi connectivity index (χ1v) is 4.90. The van der Waals surface area contributed by atoms with Gasteiger partial charge in [-0.15, -0.1) is 0 Å². The van der Waals surface area contributed by atoms with Crippen molar-refractivity contribution in [3.05, 3.63) is 29.6 Å². The number of primary amides is 1. The third kappa shape index (κ3) is 3.41. The van der Waals surface area contributed by atoms with Gasteiger partial charge in [-0.1, -0.05) is 6.07 Å². The summed E-state index contributed by atoms with van der Waals surface area (Å²) in [6, 6.07) is 2.16. The summed E-state index contributed by atoms with van der Waals surface area (Å²) in [6.45, 7) is 0. The maximum atomic E-state index is 12.6. The molecule has 100 valence electrons. The second-order valence-corrected chi connectivity index (χ2v) is 3.62. The Kier molecular flexibility index (Phi) is 4.25. The Morgan fingerprint density at radius 1 is 1.44 bits per heavy atom. The fourth-order valence-electron chi connectivity index (χ4n) is 1.42. The van der Waals surface area contributed by atoms with E-state index in [2.05, 4.69) is 4.98 Å². The molecule has 18 heavy (non-hydrogen) atoms. The first-order valence-electron chi connectivity index (χ1n) is 4.90. The molecule has 1 heterocycles. The number of nitrogens with two attached hydrogens (primary N) is 1. The van der Waals surface area contributed by atoms with Crippen LogP contribution < -0.4 is 5.73 Å². The molecule has 0 radical (unpaired) electrons. The van der Waals surface area contributed by atoms with Gasteiger partial charge in [0.1, 0.15) is 11.8 Å². The first-order chi connectivity index (χ1) is 8.23. The van der Waals surface area contributed by atoms with Crippen molar-refractivity contribution in [1.29, 1.82) is 0 Å². The van der Waals surface area contributed by atoms with E-state index in [4.69, 9.17) is 5.73 Å². The molecule has 0 aliphatic carbocycles. The molecule has 5 nitrogen and oxygen atoms in total. The Morgan fingerprint density at radius 2 is 2.06 bits per heavy atom. The standard InChI is InChI=1S/C10H11F3N2O3/c11-10(12,13)9-5(2-1-3-15-9)8(18)6(16)4-7(14)17/h1-3,6,8,16,18H,4H2,(H2,14,17). The Balaban J connectivity index is 3.06. The highest BCUT2D eigenvalue weighted by Gasteiger charge is 2.38. The van der Waals surface area contributed by atoms with Crippen LogP contribution in [-0.2, 0) is 11.0 Å². The van der Waals surface area contributed by atoms with Crippen LogP contribution in [0.3, 0.4) is 0 Å².